The lowest BCUT2D eigenvalue weighted by atomic mass is 9.81. The van der Waals surface area contributed by atoms with Gasteiger partial charge in [-0.25, -0.2) is 0 Å². The van der Waals surface area contributed by atoms with Crippen LogP contribution in [0.25, 0.3) is 0 Å². The molecule has 0 bridgehead atoms. The third-order valence-electron chi connectivity index (χ3n) is 6.48. The molecule has 0 radical (unpaired) electrons. The van der Waals surface area contributed by atoms with Crippen molar-refractivity contribution in [3.8, 4) is 0 Å². The van der Waals surface area contributed by atoms with Crippen LogP contribution >= 0.6 is 11.8 Å². The first-order valence-electron chi connectivity index (χ1n) is 13.0. The third kappa shape index (κ3) is 11.6. The second kappa shape index (κ2) is 15.3. The van der Waals surface area contributed by atoms with Gasteiger partial charge < -0.3 is 25.4 Å². The Hall–Kier alpha value is -2.40. The van der Waals surface area contributed by atoms with Gasteiger partial charge in [-0.3, -0.25) is 24.2 Å². The van der Waals surface area contributed by atoms with Crippen LogP contribution in [0.1, 0.15) is 61.3 Å². The maximum absolute atomic E-state index is 12.5. The van der Waals surface area contributed by atoms with Crippen LogP contribution < -0.4 is 10.6 Å². The molecule has 5 atom stereocenters. The predicted octanol–water partition coefficient (Wildman–Crippen LogP) is 2.16. The average Bonchev–Trinajstić information content (AvgIpc) is 3.28. The summed E-state index contributed by atoms with van der Waals surface area (Å²) in [6.45, 7) is 12.9. The monoisotopic (exact) mass is 554 g/mol. The molecule has 0 fully saturated rings. The summed E-state index contributed by atoms with van der Waals surface area (Å²) in [4.78, 5) is 53.5. The number of hydrogen-bond acceptors (Lipinski definition) is 8. The number of nitrogens with zero attached hydrogens (tertiary/aromatic N) is 2. The molecule has 10 nitrogen and oxygen atoms in total. The second-order valence-corrected chi connectivity index (χ2v) is 12.2. The fourth-order valence-corrected chi connectivity index (χ4v) is 5.08. The van der Waals surface area contributed by atoms with Crippen molar-refractivity contribution >= 4 is 40.5 Å². The average molecular weight is 555 g/mol. The summed E-state index contributed by atoms with van der Waals surface area (Å²) in [6, 6.07) is -0.200. The first kappa shape index (κ1) is 33.6. The lowest BCUT2D eigenvalue weighted by molar-refractivity contribution is -0.153. The van der Waals surface area contributed by atoms with E-state index in [9.17, 15) is 24.3 Å². The smallest absolute Gasteiger partial charge is 0.302 e. The van der Waals surface area contributed by atoms with E-state index in [0.29, 0.717) is 24.2 Å². The molecule has 1 heterocycles. The summed E-state index contributed by atoms with van der Waals surface area (Å²) in [5.74, 6) is -0.688. The molecule has 1 rings (SSSR count). The molecule has 0 saturated carbocycles. The summed E-state index contributed by atoms with van der Waals surface area (Å²) >= 11 is 1.57. The van der Waals surface area contributed by atoms with Gasteiger partial charge >= 0.3 is 5.97 Å². The van der Waals surface area contributed by atoms with Gasteiger partial charge in [0.05, 0.1) is 30.3 Å². The van der Waals surface area contributed by atoms with E-state index in [1.165, 1.54) is 25.9 Å². The van der Waals surface area contributed by atoms with Crippen LogP contribution in [0.5, 0.6) is 0 Å². The van der Waals surface area contributed by atoms with E-state index in [4.69, 9.17) is 9.73 Å². The SMILES string of the molecule is CNC(=O)CN(C)C(=O)CNC(=O)/C(C)=C/C1CSC(C(C)C(O)C[C@H](C)CC(OC(C)=O)C(C)(C)C)=N1. The highest BCUT2D eigenvalue weighted by Gasteiger charge is 2.32. The van der Waals surface area contributed by atoms with Gasteiger partial charge in [-0.2, -0.15) is 0 Å². The van der Waals surface area contributed by atoms with Crippen LogP contribution in [0.4, 0.5) is 0 Å². The normalized spacial score (nSPS) is 19.1. The Balaban J connectivity index is 2.66. The number of nitrogens with one attached hydrogen (secondary N) is 2. The molecule has 0 aromatic rings. The molecule has 1 aliphatic rings. The van der Waals surface area contributed by atoms with Crippen molar-refractivity contribution in [2.75, 3.05) is 32.9 Å². The lowest BCUT2D eigenvalue weighted by Crippen LogP contribution is -2.42. The zero-order valence-electron chi connectivity index (χ0n) is 24.3. The van der Waals surface area contributed by atoms with Crippen molar-refractivity contribution < 1.29 is 29.0 Å². The molecule has 0 aliphatic carbocycles. The van der Waals surface area contributed by atoms with Crippen molar-refractivity contribution in [3.05, 3.63) is 11.6 Å². The topological polar surface area (TPSA) is 137 Å². The number of amides is 3. The van der Waals surface area contributed by atoms with Crippen molar-refractivity contribution in [3.63, 3.8) is 0 Å². The minimum absolute atomic E-state index is 0.0804. The van der Waals surface area contributed by atoms with Crippen LogP contribution in [0.2, 0.25) is 0 Å². The maximum atomic E-state index is 12.5. The molecular weight excluding hydrogens is 508 g/mol. The highest BCUT2D eigenvalue weighted by molar-refractivity contribution is 8.14. The molecule has 0 saturated heterocycles. The van der Waals surface area contributed by atoms with Gasteiger partial charge in [0.15, 0.2) is 0 Å². The number of thioether (sulfide) groups is 1. The van der Waals surface area contributed by atoms with Crippen LogP contribution in [0.15, 0.2) is 16.6 Å². The summed E-state index contributed by atoms with van der Waals surface area (Å²) in [5, 5.41) is 16.8. The van der Waals surface area contributed by atoms with E-state index < -0.39 is 6.10 Å². The van der Waals surface area contributed by atoms with E-state index >= 15 is 0 Å². The minimum Gasteiger partial charge on any atom is -0.462 e. The van der Waals surface area contributed by atoms with E-state index in [2.05, 4.69) is 17.6 Å². The number of aliphatic hydroxyl groups is 1. The van der Waals surface area contributed by atoms with Gasteiger partial charge in [-0.05, 0) is 31.1 Å². The summed E-state index contributed by atoms with van der Waals surface area (Å²) in [6.07, 6.45) is 2.16. The van der Waals surface area contributed by atoms with Crippen LogP contribution in [-0.2, 0) is 23.9 Å². The van der Waals surface area contributed by atoms with E-state index in [0.717, 1.165) is 5.04 Å². The van der Waals surface area contributed by atoms with E-state index in [-0.39, 0.29) is 66.2 Å². The Kier molecular flexibility index (Phi) is 13.5. The number of hydrogen-bond donors (Lipinski definition) is 3. The Bertz CT molecular complexity index is 914. The van der Waals surface area contributed by atoms with Crippen LogP contribution in [0.3, 0.4) is 0 Å². The summed E-state index contributed by atoms with van der Waals surface area (Å²) < 4.78 is 5.53. The van der Waals surface area contributed by atoms with E-state index in [1.807, 2.05) is 27.7 Å². The van der Waals surface area contributed by atoms with Gasteiger partial charge in [0.2, 0.25) is 17.7 Å². The fourth-order valence-electron chi connectivity index (χ4n) is 3.94. The largest absolute Gasteiger partial charge is 0.462 e. The third-order valence-corrected chi connectivity index (χ3v) is 7.76. The molecule has 1 aliphatic heterocycles. The number of likely N-dealkylation sites (N-methyl/N-ethyl adjacent to an activating group) is 2. The Morgan fingerprint density at radius 3 is 2.39 bits per heavy atom. The molecule has 3 N–H and O–H groups in total. The van der Waals surface area contributed by atoms with Gasteiger partial charge in [0, 0.05) is 38.3 Å². The van der Waals surface area contributed by atoms with Crippen molar-refractivity contribution in [1.82, 2.24) is 15.5 Å². The van der Waals surface area contributed by atoms with Crippen molar-refractivity contribution in [2.45, 2.75) is 79.6 Å². The second-order valence-electron chi connectivity index (χ2n) is 11.2. The summed E-state index contributed by atoms with van der Waals surface area (Å²) in [5.41, 5.74) is 0.253. The molecule has 3 amide bonds. The highest BCUT2D eigenvalue weighted by Crippen LogP contribution is 2.32. The quantitative estimate of drug-likeness (QED) is 0.234. The van der Waals surface area contributed by atoms with Gasteiger partial charge in [0.1, 0.15) is 6.10 Å². The first-order chi connectivity index (χ1) is 17.5. The predicted molar refractivity (Wildman–Crippen MR) is 151 cm³/mol. The number of aliphatic hydroxyl groups excluding tert-OH is 1. The molecule has 0 aromatic carbocycles. The standard InChI is InChI=1S/C27H46N4O6S/c1-16(11-22(27(5,6)7)37-19(4)32)10-21(33)18(3)26-30-20(15-38-26)12-17(2)25(36)29-13-24(35)31(9)14-23(34)28-8/h12,16,18,20-22,33H,10-11,13-15H2,1-9H3,(H,28,34)(H,29,36)/b17-12+/t16-,18?,20?,21?,22?/m0/s1. The molecular formula is C27H46N4O6S. The molecule has 0 aromatic heterocycles. The lowest BCUT2D eigenvalue weighted by Gasteiger charge is -2.33. The molecule has 0 spiro atoms. The zero-order valence-corrected chi connectivity index (χ0v) is 25.1. The fraction of sp³-hybridized carbons (Fsp3) is 0.741. The number of esters is 1. The zero-order chi connectivity index (χ0) is 29.2. The van der Waals surface area contributed by atoms with Gasteiger partial charge in [-0.1, -0.05) is 40.7 Å². The number of ether oxygens (including phenoxy) is 1. The van der Waals surface area contributed by atoms with Gasteiger partial charge in [0.25, 0.3) is 0 Å². The van der Waals surface area contributed by atoms with Crippen molar-refractivity contribution in [1.29, 1.82) is 0 Å². The number of aliphatic imine (C=N–C) groups is 1. The Morgan fingerprint density at radius 2 is 1.84 bits per heavy atom. The number of carbonyl (C=O) groups excluding carboxylic acids is 4. The van der Waals surface area contributed by atoms with Crippen molar-refractivity contribution in [2.24, 2.45) is 22.2 Å². The number of rotatable bonds is 13. The minimum atomic E-state index is -0.598. The van der Waals surface area contributed by atoms with Gasteiger partial charge in [-0.15, -0.1) is 11.8 Å². The highest BCUT2D eigenvalue weighted by atomic mass is 32.2. The molecule has 38 heavy (non-hydrogen) atoms. The first-order valence-corrected chi connectivity index (χ1v) is 14.0. The molecule has 4 unspecified atom stereocenters. The Labute approximate surface area is 231 Å². The maximum Gasteiger partial charge on any atom is 0.302 e. The van der Waals surface area contributed by atoms with Crippen LogP contribution in [0, 0.1) is 17.3 Å². The molecule has 11 heteroatoms. The van der Waals surface area contributed by atoms with Crippen LogP contribution in [-0.4, -0.2) is 89.9 Å². The summed E-state index contributed by atoms with van der Waals surface area (Å²) in [7, 11) is 2.99. The number of carbonyl (C=O) groups is 4. The molecule has 216 valence electrons. The van der Waals surface area contributed by atoms with E-state index in [1.54, 1.807) is 24.8 Å². The Morgan fingerprint density at radius 1 is 1.21 bits per heavy atom.